The van der Waals surface area contributed by atoms with Gasteiger partial charge in [-0.25, -0.2) is 18.3 Å². The quantitative estimate of drug-likeness (QED) is 0.337. The number of benzene rings is 1. The Morgan fingerprint density at radius 1 is 1.00 bits per heavy atom. The first-order valence-electron chi connectivity index (χ1n) is 10.3. The summed E-state index contributed by atoms with van der Waals surface area (Å²) in [6, 6.07) is 8.20. The minimum Gasteiger partial charge on any atom is -0.231 e. The number of hydrogen-bond acceptors (Lipinski definition) is 3. The lowest BCUT2D eigenvalue weighted by Crippen LogP contribution is -2.05. The zero-order valence-electron chi connectivity index (χ0n) is 17.9. The lowest BCUT2D eigenvalue weighted by atomic mass is 9.95. The highest BCUT2D eigenvalue weighted by molar-refractivity contribution is 7.19. The van der Waals surface area contributed by atoms with E-state index in [-0.39, 0.29) is 0 Å². The Kier molecular flexibility index (Phi) is 5.45. The maximum Gasteiger partial charge on any atom is 0.159 e. The molecule has 30 heavy (non-hydrogen) atoms. The molecule has 4 rings (SSSR count). The van der Waals surface area contributed by atoms with Crippen molar-refractivity contribution in [2.75, 3.05) is 0 Å². The summed E-state index contributed by atoms with van der Waals surface area (Å²) in [7, 11) is 0. The monoisotopic (exact) mass is 425 g/mol. The molecule has 0 amide bonds. The smallest absolute Gasteiger partial charge is 0.159 e. The molecule has 0 radical (unpaired) electrons. The third kappa shape index (κ3) is 3.43. The van der Waals surface area contributed by atoms with Crippen LogP contribution in [0.25, 0.3) is 26.7 Å². The van der Waals surface area contributed by atoms with Gasteiger partial charge in [0.15, 0.2) is 17.3 Å². The average molecular weight is 426 g/mol. The van der Waals surface area contributed by atoms with Crippen LogP contribution in [0.4, 0.5) is 8.78 Å². The molecule has 3 heterocycles. The van der Waals surface area contributed by atoms with Gasteiger partial charge in [-0.3, -0.25) is 0 Å². The molecule has 3 nitrogen and oxygen atoms in total. The Bertz CT molecular complexity index is 1240. The van der Waals surface area contributed by atoms with Crippen LogP contribution in [0.5, 0.6) is 0 Å². The first-order chi connectivity index (χ1) is 14.3. The fourth-order valence-electron chi connectivity index (χ4n) is 4.08. The maximum atomic E-state index is 13.8. The van der Waals surface area contributed by atoms with Crippen molar-refractivity contribution in [2.24, 2.45) is 0 Å². The van der Waals surface area contributed by atoms with Crippen molar-refractivity contribution in [2.45, 2.75) is 53.4 Å². The van der Waals surface area contributed by atoms with Gasteiger partial charge in [-0.15, -0.1) is 11.3 Å². The molecule has 0 saturated carbocycles. The molecule has 0 aliphatic heterocycles. The van der Waals surface area contributed by atoms with E-state index in [2.05, 4.69) is 19.9 Å². The van der Waals surface area contributed by atoms with Crippen LogP contribution in [0.2, 0.25) is 0 Å². The zero-order chi connectivity index (χ0) is 21.6. The summed E-state index contributed by atoms with van der Waals surface area (Å²) in [5.41, 5.74) is 6.72. The number of thiophene rings is 1. The minimum absolute atomic E-state index is 0.436. The summed E-state index contributed by atoms with van der Waals surface area (Å²) in [4.78, 5) is 6.84. The van der Waals surface area contributed by atoms with Crippen LogP contribution in [-0.2, 0) is 0 Å². The molecule has 3 aromatic heterocycles. The van der Waals surface area contributed by atoms with Gasteiger partial charge in [-0.2, -0.15) is 5.10 Å². The Morgan fingerprint density at radius 3 is 2.40 bits per heavy atom. The molecule has 0 N–H and O–H groups in total. The van der Waals surface area contributed by atoms with Crippen molar-refractivity contribution in [1.82, 2.24) is 14.6 Å². The van der Waals surface area contributed by atoms with E-state index >= 15 is 0 Å². The van der Waals surface area contributed by atoms with Crippen LogP contribution in [0.1, 0.15) is 55.1 Å². The number of fused-ring (bicyclic) bond motifs is 1. The van der Waals surface area contributed by atoms with Crippen LogP contribution >= 0.6 is 11.3 Å². The number of aryl methyl sites for hydroxylation is 3. The number of hydrogen-bond donors (Lipinski definition) is 0. The molecule has 0 unspecified atom stereocenters. The highest BCUT2D eigenvalue weighted by Gasteiger charge is 2.22. The van der Waals surface area contributed by atoms with E-state index in [0.29, 0.717) is 11.5 Å². The van der Waals surface area contributed by atoms with Crippen molar-refractivity contribution in [3.63, 3.8) is 0 Å². The molecule has 156 valence electrons. The van der Waals surface area contributed by atoms with E-state index < -0.39 is 11.6 Å². The van der Waals surface area contributed by atoms with E-state index in [0.717, 1.165) is 50.9 Å². The third-order valence-electron chi connectivity index (χ3n) is 5.67. The van der Waals surface area contributed by atoms with Crippen molar-refractivity contribution < 1.29 is 8.78 Å². The highest BCUT2D eigenvalue weighted by Crippen LogP contribution is 2.40. The second-order valence-corrected chi connectivity index (χ2v) is 8.84. The van der Waals surface area contributed by atoms with Crippen LogP contribution in [-0.4, -0.2) is 14.6 Å². The van der Waals surface area contributed by atoms with Gasteiger partial charge in [0.05, 0.1) is 16.3 Å². The lowest BCUT2D eigenvalue weighted by molar-refractivity contribution is 0.509. The van der Waals surface area contributed by atoms with Gasteiger partial charge in [0.25, 0.3) is 0 Å². The van der Waals surface area contributed by atoms with E-state index in [1.54, 1.807) is 17.4 Å². The van der Waals surface area contributed by atoms with E-state index in [9.17, 15) is 8.78 Å². The zero-order valence-corrected chi connectivity index (χ0v) is 18.7. The summed E-state index contributed by atoms with van der Waals surface area (Å²) in [5.74, 6) is -1.23. The molecule has 0 spiro atoms. The third-order valence-corrected chi connectivity index (χ3v) is 6.96. The van der Waals surface area contributed by atoms with Crippen LogP contribution in [0, 0.1) is 32.4 Å². The van der Waals surface area contributed by atoms with E-state index in [1.165, 1.54) is 17.7 Å². The largest absolute Gasteiger partial charge is 0.231 e. The molecule has 0 bridgehead atoms. The molecule has 0 saturated heterocycles. The Morgan fingerprint density at radius 2 is 1.73 bits per heavy atom. The lowest BCUT2D eigenvalue weighted by Gasteiger charge is -2.14. The van der Waals surface area contributed by atoms with Crippen molar-refractivity contribution >= 4 is 17.0 Å². The van der Waals surface area contributed by atoms with Gasteiger partial charge < -0.3 is 0 Å². The summed E-state index contributed by atoms with van der Waals surface area (Å²) < 4.78 is 29.1. The first-order valence-corrected chi connectivity index (χ1v) is 11.1. The van der Waals surface area contributed by atoms with Crippen LogP contribution in [0.15, 0.2) is 30.3 Å². The number of imidazole rings is 1. The number of halogens is 2. The van der Waals surface area contributed by atoms with Gasteiger partial charge in [-0.05, 0) is 74.9 Å². The minimum atomic E-state index is -0.835. The van der Waals surface area contributed by atoms with Crippen molar-refractivity contribution in [1.29, 1.82) is 0 Å². The molecular formula is C24H25F2N3S. The fourth-order valence-corrected chi connectivity index (χ4v) is 5.33. The second kappa shape index (κ2) is 7.91. The number of nitrogens with zero attached hydrogens (tertiary/aromatic N) is 3. The average Bonchev–Trinajstić information content (AvgIpc) is 3.24. The van der Waals surface area contributed by atoms with Gasteiger partial charge in [0.1, 0.15) is 5.69 Å². The van der Waals surface area contributed by atoms with Crippen LogP contribution in [0.3, 0.4) is 0 Å². The maximum absolute atomic E-state index is 13.8. The van der Waals surface area contributed by atoms with E-state index in [1.807, 2.05) is 31.4 Å². The summed E-state index contributed by atoms with van der Waals surface area (Å²) in [5, 5.41) is 4.78. The highest BCUT2D eigenvalue weighted by atomic mass is 32.1. The fraction of sp³-hybridized carbons (Fsp3) is 0.333. The molecule has 0 aliphatic carbocycles. The topological polar surface area (TPSA) is 30.2 Å². The SMILES string of the molecule is CCC(CC)c1cc(C)nn2c(-c3sc(-c4ccc(F)c(F)c4)cc3C)c(C)nc12. The number of rotatable bonds is 5. The Balaban J connectivity index is 1.91. The Labute approximate surface area is 179 Å². The first kappa shape index (κ1) is 20.7. The molecule has 4 aromatic rings. The predicted molar refractivity (Wildman–Crippen MR) is 119 cm³/mol. The molecule has 0 aliphatic rings. The van der Waals surface area contributed by atoms with E-state index in [4.69, 9.17) is 10.1 Å². The van der Waals surface area contributed by atoms with Crippen LogP contribution < -0.4 is 0 Å². The summed E-state index contributed by atoms with van der Waals surface area (Å²) >= 11 is 1.56. The van der Waals surface area contributed by atoms with Gasteiger partial charge in [-0.1, -0.05) is 19.9 Å². The summed E-state index contributed by atoms with van der Waals surface area (Å²) in [6.07, 6.45) is 2.10. The number of aromatic nitrogens is 3. The van der Waals surface area contributed by atoms with Gasteiger partial charge in [0.2, 0.25) is 0 Å². The molecular weight excluding hydrogens is 400 g/mol. The normalized spacial score (nSPS) is 11.7. The van der Waals surface area contributed by atoms with Gasteiger partial charge in [0, 0.05) is 10.4 Å². The molecule has 0 fully saturated rings. The second-order valence-electron chi connectivity index (χ2n) is 7.79. The molecule has 0 atom stereocenters. The van der Waals surface area contributed by atoms with Crippen molar-refractivity contribution in [3.8, 4) is 21.0 Å². The molecule has 6 heteroatoms. The van der Waals surface area contributed by atoms with Gasteiger partial charge >= 0.3 is 0 Å². The molecule has 1 aromatic carbocycles. The predicted octanol–water partition coefficient (Wildman–Crippen LogP) is 7.23. The summed E-state index contributed by atoms with van der Waals surface area (Å²) in [6.45, 7) is 10.5. The Hall–Kier alpha value is -2.60. The van der Waals surface area contributed by atoms with Crippen molar-refractivity contribution in [3.05, 3.63) is 64.5 Å². The standard InChI is InChI=1S/C24H25F2N3S/c1-6-16(7-2)18-11-14(4)28-29-22(15(5)27-24(18)29)23-13(3)10-21(30-23)17-8-9-19(25)20(26)12-17/h8-12,16H,6-7H2,1-5H3.